The summed E-state index contributed by atoms with van der Waals surface area (Å²) in [6, 6.07) is 10.5. The van der Waals surface area contributed by atoms with Crippen LogP contribution in [0.15, 0.2) is 30.3 Å². The highest BCUT2D eigenvalue weighted by Gasteiger charge is 2.19. The summed E-state index contributed by atoms with van der Waals surface area (Å²) < 4.78 is 0. The van der Waals surface area contributed by atoms with Gasteiger partial charge in [-0.2, -0.15) is 0 Å². The molecule has 0 saturated heterocycles. The molecule has 3 heteroatoms. The third-order valence-electron chi connectivity index (χ3n) is 3.27. The van der Waals surface area contributed by atoms with Gasteiger partial charge in [0.15, 0.2) is 0 Å². The third kappa shape index (κ3) is 2.13. The van der Waals surface area contributed by atoms with Gasteiger partial charge in [0.25, 0.3) is 0 Å². The second-order valence-corrected chi connectivity index (χ2v) is 5.46. The monoisotopic (exact) mass is 244 g/mol. The molecule has 0 unspecified atom stereocenters. The Balaban J connectivity index is 1.93. The van der Waals surface area contributed by atoms with E-state index in [9.17, 15) is 0 Å². The smallest absolute Gasteiger partial charge is 0.123 e. The van der Waals surface area contributed by atoms with Gasteiger partial charge in [-0.3, -0.25) is 4.90 Å². The van der Waals surface area contributed by atoms with Crippen molar-refractivity contribution < 1.29 is 0 Å². The van der Waals surface area contributed by atoms with Crippen LogP contribution in [0.4, 0.5) is 0 Å². The fourth-order valence-corrected chi connectivity index (χ4v) is 3.29. The van der Waals surface area contributed by atoms with E-state index in [-0.39, 0.29) is 0 Å². The molecule has 2 heterocycles. The average molecular weight is 244 g/mol. The summed E-state index contributed by atoms with van der Waals surface area (Å²) in [6.07, 6.45) is 1.16. The fourth-order valence-electron chi connectivity index (χ4n) is 2.23. The Morgan fingerprint density at radius 2 is 2.12 bits per heavy atom. The zero-order valence-corrected chi connectivity index (χ0v) is 10.8. The number of thiazole rings is 1. The van der Waals surface area contributed by atoms with Crippen molar-refractivity contribution in [2.45, 2.75) is 19.9 Å². The molecule has 0 radical (unpaired) electrons. The molecular weight excluding hydrogens is 228 g/mol. The van der Waals surface area contributed by atoms with Gasteiger partial charge >= 0.3 is 0 Å². The summed E-state index contributed by atoms with van der Waals surface area (Å²) in [4.78, 5) is 8.73. The summed E-state index contributed by atoms with van der Waals surface area (Å²) in [5, 5.41) is 1.17. The van der Waals surface area contributed by atoms with E-state index in [4.69, 9.17) is 4.98 Å². The van der Waals surface area contributed by atoms with E-state index in [1.165, 1.54) is 27.7 Å². The van der Waals surface area contributed by atoms with E-state index >= 15 is 0 Å². The maximum absolute atomic E-state index is 4.80. The molecule has 1 aliphatic heterocycles. The van der Waals surface area contributed by atoms with Crippen molar-refractivity contribution in [1.82, 2.24) is 9.88 Å². The van der Waals surface area contributed by atoms with E-state index in [1.807, 2.05) is 11.3 Å². The van der Waals surface area contributed by atoms with E-state index in [2.05, 4.69) is 42.2 Å². The van der Waals surface area contributed by atoms with E-state index < -0.39 is 0 Å². The van der Waals surface area contributed by atoms with Gasteiger partial charge in [-0.1, -0.05) is 37.3 Å². The lowest BCUT2D eigenvalue weighted by atomic mass is 10.2. The summed E-state index contributed by atoms with van der Waals surface area (Å²) in [5.74, 6) is 0. The Kier molecular flexibility index (Phi) is 2.95. The first-order valence-electron chi connectivity index (χ1n) is 6.13. The van der Waals surface area contributed by atoms with Crippen LogP contribution in [0, 0.1) is 0 Å². The lowest BCUT2D eigenvalue weighted by Gasteiger charge is -2.23. The molecular formula is C14H16N2S. The normalized spacial score (nSPS) is 15.8. The number of hydrogen-bond donors (Lipinski definition) is 0. The van der Waals surface area contributed by atoms with Crippen molar-refractivity contribution in [2.75, 3.05) is 13.1 Å². The lowest BCUT2D eigenvalue weighted by Crippen LogP contribution is -2.29. The van der Waals surface area contributed by atoms with Crippen LogP contribution in [-0.4, -0.2) is 23.0 Å². The van der Waals surface area contributed by atoms with E-state index in [0.29, 0.717) is 0 Å². The fraction of sp³-hybridized carbons (Fsp3) is 0.357. The Bertz CT molecular complexity index is 504. The van der Waals surface area contributed by atoms with Crippen molar-refractivity contribution in [3.05, 3.63) is 40.9 Å². The van der Waals surface area contributed by atoms with Gasteiger partial charge in [0.1, 0.15) is 5.01 Å². The zero-order valence-electron chi connectivity index (χ0n) is 10.0. The minimum absolute atomic E-state index is 1.02. The first kappa shape index (κ1) is 10.9. The molecule has 1 aromatic carbocycles. The summed E-state index contributed by atoms with van der Waals surface area (Å²) in [5.41, 5.74) is 2.54. The summed E-state index contributed by atoms with van der Waals surface area (Å²) >= 11 is 1.86. The van der Waals surface area contributed by atoms with Crippen LogP contribution in [-0.2, 0) is 13.0 Å². The van der Waals surface area contributed by atoms with Crippen LogP contribution in [0.25, 0.3) is 10.6 Å². The van der Waals surface area contributed by atoms with Gasteiger partial charge in [-0.25, -0.2) is 4.98 Å². The molecule has 1 aromatic heterocycles. The van der Waals surface area contributed by atoms with Crippen LogP contribution in [0.1, 0.15) is 17.5 Å². The molecule has 3 rings (SSSR count). The molecule has 0 aliphatic carbocycles. The molecule has 17 heavy (non-hydrogen) atoms. The molecule has 2 nitrogen and oxygen atoms in total. The van der Waals surface area contributed by atoms with Crippen molar-refractivity contribution in [3.8, 4) is 10.6 Å². The molecule has 1 aliphatic rings. The topological polar surface area (TPSA) is 16.1 Å². The maximum Gasteiger partial charge on any atom is 0.123 e. The molecule has 0 atom stereocenters. The minimum Gasteiger partial charge on any atom is -0.297 e. The first-order valence-corrected chi connectivity index (χ1v) is 6.95. The predicted octanol–water partition coefficient (Wildman–Crippen LogP) is 3.19. The molecule has 0 amide bonds. The number of benzene rings is 1. The zero-order chi connectivity index (χ0) is 11.7. The number of hydrogen-bond acceptors (Lipinski definition) is 3. The van der Waals surface area contributed by atoms with Crippen LogP contribution >= 0.6 is 11.3 Å². The molecule has 2 aromatic rings. The number of aromatic nitrogens is 1. The quantitative estimate of drug-likeness (QED) is 0.806. The number of fused-ring (bicyclic) bond motifs is 1. The van der Waals surface area contributed by atoms with Crippen LogP contribution in [0.5, 0.6) is 0 Å². The summed E-state index contributed by atoms with van der Waals surface area (Å²) in [7, 11) is 0. The van der Waals surface area contributed by atoms with Gasteiger partial charge in [0.05, 0.1) is 5.69 Å². The first-order chi connectivity index (χ1) is 8.36. The van der Waals surface area contributed by atoms with Crippen LogP contribution < -0.4 is 0 Å². The van der Waals surface area contributed by atoms with Crippen LogP contribution in [0.3, 0.4) is 0 Å². The molecule has 0 N–H and O–H groups in total. The number of nitrogens with zero attached hydrogens (tertiary/aromatic N) is 2. The second kappa shape index (κ2) is 4.59. The van der Waals surface area contributed by atoms with Crippen molar-refractivity contribution >= 4 is 11.3 Å². The molecule has 88 valence electrons. The predicted molar refractivity (Wildman–Crippen MR) is 72.2 cm³/mol. The van der Waals surface area contributed by atoms with E-state index in [1.54, 1.807) is 0 Å². The van der Waals surface area contributed by atoms with E-state index in [0.717, 1.165) is 19.5 Å². The molecule has 0 spiro atoms. The largest absolute Gasteiger partial charge is 0.297 e. The lowest BCUT2D eigenvalue weighted by molar-refractivity contribution is 0.266. The third-order valence-corrected chi connectivity index (χ3v) is 4.48. The van der Waals surface area contributed by atoms with Gasteiger partial charge in [-0.05, 0) is 13.0 Å². The van der Waals surface area contributed by atoms with Crippen molar-refractivity contribution in [1.29, 1.82) is 0 Å². The van der Waals surface area contributed by atoms with Crippen LogP contribution in [0.2, 0.25) is 0 Å². The minimum atomic E-state index is 1.02. The highest BCUT2D eigenvalue weighted by molar-refractivity contribution is 7.15. The number of likely N-dealkylation sites (N-methyl/N-ethyl adjacent to an activating group) is 1. The number of rotatable bonds is 2. The average Bonchev–Trinajstić information content (AvgIpc) is 2.82. The second-order valence-electron chi connectivity index (χ2n) is 4.37. The Morgan fingerprint density at radius 1 is 1.29 bits per heavy atom. The SMILES string of the molecule is CCN1CCc2sc(-c3ccccc3)nc2C1. The Hall–Kier alpha value is -1.19. The Morgan fingerprint density at radius 3 is 2.88 bits per heavy atom. The van der Waals surface area contributed by atoms with Crippen molar-refractivity contribution in [3.63, 3.8) is 0 Å². The van der Waals surface area contributed by atoms with Gasteiger partial charge < -0.3 is 0 Å². The molecule has 0 saturated carbocycles. The van der Waals surface area contributed by atoms with Gasteiger partial charge in [0.2, 0.25) is 0 Å². The van der Waals surface area contributed by atoms with Gasteiger partial charge in [0, 0.05) is 23.5 Å². The highest BCUT2D eigenvalue weighted by atomic mass is 32.1. The molecule has 0 fully saturated rings. The van der Waals surface area contributed by atoms with Gasteiger partial charge in [-0.15, -0.1) is 11.3 Å². The Labute approximate surface area is 106 Å². The molecule has 0 bridgehead atoms. The summed E-state index contributed by atoms with van der Waals surface area (Å²) in [6.45, 7) is 5.54. The maximum atomic E-state index is 4.80. The van der Waals surface area contributed by atoms with Crippen molar-refractivity contribution in [2.24, 2.45) is 0 Å². The standard InChI is InChI=1S/C14H16N2S/c1-2-16-9-8-13-12(10-16)15-14(17-13)11-6-4-3-5-7-11/h3-7H,2,8-10H2,1H3. The highest BCUT2D eigenvalue weighted by Crippen LogP contribution is 2.31.